The second-order valence-corrected chi connectivity index (χ2v) is 3.15. The third kappa shape index (κ3) is 2.02. The van der Waals surface area contributed by atoms with Crippen LogP contribution in [0.25, 0.3) is 21.8 Å². The molecule has 16 heavy (non-hydrogen) atoms. The van der Waals surface area contributed by atoms with Gasteiger partial charge in [-0.2, -0.15) is 12.1 Å². The van der Waals surface area contributed by atoms with Gasteiger partial charge in [-0.25, -0.2) is 0 Å². The maximum Gasteiger partial charge on any atom is 0.0600 e. The number of hydrogen-bond donors (Lipinski definition) is 0. The van der Waals surface area contributed by atoms with Crippen LogP contribution in [0.2, 0.25) is 0 Å². The van der Waals surface area contributed by atoms with Crippen LogP contribution in [0.15, 0.2) is 42.6 Å². The van der Waals surface area contributed by atoms with Gasteiger partial charge in [0.2, 0.25) is 0 Å². The van der Waals surface area contributed by atoms with E-state index in [9.17, 15) is 0 Å². The van der Waals surface area contributed by atoms with Crippen molar-refractivity contribution in [3.05, 3.63) is 48.8 Å². The molecule has 0 aliphatic rings. The Morgan fingerprint density at radius 2 is 1.94 bits per heavy atom. The third-order valence-corrected chi connectivity index (χ3v) is 2.30. The minimum Gasteiger partial charge on any atom is -0.385 e. The molecule has 4 heteroatoms. The molecule has 0 aliphatic carbocycles. The Labute approximate surface area is 109 Å². The van der Waals surface area contributed by atoms with Crippen molar-refractivity contribution in [1.82, 2.24) is 9.97 Å². The molecule has 84 valence electrons. The molecule has 0 atom stereocenters. The van der Waals surface area contributed by atoms with Crippen molar-refractivity contribution < 1.29 is 16.5 Å². The predicted octanol–water partition coefficient (Wildman–Crippen LogP) is 3.00. The zero-order chi connectivity index (χ0) is 9.38. The van der Waals surface area contributed by atoms with E-state index >= 15 is 0 Å². The third-order valence-electron chi connectivity index (χ3n) is 2.30. The average Bonchev–Trinajstić information content (AvgIpc) is 2.29. The largest absolute Gasteiger partial charge is 0.385 e. The Kier molecular flexibility index (Phi) is 4.22. The van der Waals surface area contributed by atoms with Gasteiger partial charge < -0.3 is 4.98 Å². The van der Waals surface area contributed by atoms with E-state index in [4.69, 9.17) is 0 Å². The molecule has 0 bridgehead atoms. The van der Waals surface area contributed by atoms with E-state index in [0.29, 0.717) is 0 Å². The fourth-order valence-corrected chi connectivity index (χ4v) is 1.64. The van der Waals surface area contributed by atoms with Gasteiger partial charge >= 0.3 is 0 Å². The predicted molar refractivity (Wildman–Crippen MR) is 63.1 cm³/mol. The molecule has 2 nitrogen and oxygen atoms in total. The molecule has 1 aromatic carbocycles. The van der Waals surface area contributed by atoms with Gasteiger partial charge in [0.1, 0.15) is 0 Å². The van der Waals surface area contributed by atoms with E-state index in [2.05, 4.69) is 16.2 Å². The molecule has 2 aromatic heterocycles. The molecule has 0 fully saturated rings. The molecule has 0 amide bonds. The van der Waals surface area contributed by atoms with Crippen molar-refractivity contribution in [3.63, 3.8) is 0 Å². The van der Waals surface area contributed by atoms with Crippen molar-refractivity contribution in [2.24, 2.45) is 0 Å². The zero-order valence-corrected chi connectivity index (χ0v) is 9.96. The molecule has 0 unspecified atom stereocenters. The Bertz CT molecular complexity index is 558. The number of hydrogen-bond acceptors (Lipinski definition) is 2. The van der Waals surface area contributed by atoms with E-state index in [1.807, 2.05) is 36.4 Å². The molecule has 0 saturated carbocycles. The number of nitrogens with zero attached hydrogens (tertiary/aromatic N) is 2. The summed E-state index contributed by atoms with van der Waals surface area (Å²) in [6.07, 6.45) is 4.64. The molecule has 2 heterocycles. The fraction of sp³-hybridized carbons (Fsp3) is 0. The summed E-state index contributed by atoms with van der Waals surface area (Å²) >= 11 is 0. The fourth-order valence-electron chi connectivity index (χ4n) is 1.64. The van der Waals surface area contributed by atoms with E-state index < -0.39 is 0 Å². The quantitative estimate of drug-likeness (QED) is 0.358. The van der Waals surface area contributed by atoms with Crippen molar-refractivity contribution >= 4 is 34.2 Å². The first kappa shape index (κ1) is 12.9. The number of benzene rings is 1. The smallest absolute Gasteiger partial charge is 0.0600 e. The van der Waals surface area contributed by atoms with Crippen LogP contribution in [-0.2, 0) is 16.5 Å². The van der Waals surface area contributed by atoms with Crippen LogP contribution in [0, 0.1) is 6.20 Å². The number of halogens is 1. The minimum atomic E-state index is 0. The van der Waals surface area contributed by atoms with E-state index in [0.717, 1.165) is 21.8 Å². The second kappa shape index (κ2) is 5.24. The van der Waals surface area contributed by atoms with Crippen molar-refractivity contribution in [2.45, 2.75) is 0 Å². The summed E-state index contributed by atoms with van der Waals surface area (Å²) in [5.41, 5.74) is 1.95. The SMILES string of the molecule is Cl.[Ni].[c-]1ccc2ccc3ncccc3c2n1. The van der Waals surface area contributed by atoms with Crippen LogP contribution in [0.1, 0.15) is 0 Å². The standard InChI is InChI=1S/C12H7N2.ClH.Ni/c1-3-9-5-6-11-10(4-2-7-13-11)12(9)14-8-1;;/h1-7H;1H;/q-1;;. The van der Waals surface area contributed by atoms with Crippen LogP contribution in [0.3, 0.4) is 0 Å². The molecule has 3 rings (SSSR count). The molecular formula is C12H8ClN2Ni-. The van der Waals surface area contributed by atoms with Crippen LogP contribution in [0.4, 0.5) is 0 Å². The van der Waals surface area contributed by atoms with Crippen LogP contribution in [0.5, 0.6) is 0 Å². The van der Waals surface area contributed by atoms with Gasteiger partial charge in [-0.1, -0.05) is 18.3 Å². The van der Waals surface area contributed by atoms with Gasteiger partial charge in [-0.3, -0.25) is 4.98 Å². The van der Waals surface area contributed by atoms with Crippen LogP contribution < -0.4 is 0 Å². The Morgan fingerprint density at radius 1 is 1.06 bits per heavy atom. The summed E-state index contributed by atoms with van der Waals surface area (Å²) in [4.78, 5) is 8.52. The normalized spacial score (nSPS) is 9.50. The van der Waals surface area contributed by atoms with E-state index in [-0.39, 0.29) is 28.9 Å². The van der Waals surface area contributed by atoms with Crippen molar-refractivity contribution in [1.29, 1.82) is 0 Å². The Balaban J connectivity index is 0.000000640. The summed E-state index contributed by atoms with van der Waals surface area (Å²) in [5.74, 6) is 0. The molecule has 0 spiro atoms. The summed E-state index contributed by atoms with van der Waals surface area (Å²) in [7, 11) is 0. The van der Waals surface area contributed by atoms with Crippen molar-refractivity contribution in [2.75, 3.05) is 0 Å². The zero-order valence-electron chi connectivity index (χ0n) is 8.16. The molecule has 3 aromatic rings. The first-order valence-corrected chi connectivity index (χ1v) is 4.46. The Hall–Kier alpha value is -1.18. The number of pyridine rings is 2. The van der Waals surface area contributed by atoms with Gasteiger partial charge in [0.05, 0.1) is 5.52 Å². The molecular weight excluding hydrogens is 266 g/mol. The van der Waals surface area contributed by atoms with Gasteiger partial charge in [0, 0.05) is 22.7 Å². The Morgan fingerprint density at radius 3 is 2.81 bits per heavy atom. The van der Waals surface area contributed by atoms with E-state index in [1.54, 1.807) is 6.20 Å². The van der Waals surface area contributed by atoms with Gasteiger partial charge in [-0.05, 0) is 23.0 Å². The van der Waals surface area contributed by atoms with E-state index in [1.165, 1.54) is 0 Å². The first-order valence-electron chi connectivity index (χ1n) is 4.46. The van der Waals surface area contributed by atoms with Crippen LogP contribution >= 0.6 is 12.4 Å². The minimum absolute atomic E-state index is 0. The second-order valence-electron chi connectivity index (χ2n) is 3.15. The van der Waals surface area contributed by atoms with Gasteiger partial charge in [0.25, 0.3) is 0 Å². The number of fused-ring (bicyclic) bond motifs is 3. The summed E-state index contributed by atoms with van der Waals surface area (Å²) in [6.45, 7) is 0. The topological polar surface area (TPSA) is 25.8 Å². The molecule has 0 saturated heterocycles. The number of rotatable bonds is 0. The average molecular weight is 274 g/mol. The number of aromatic nitrogens is 2. The van der Waals surface area contributed by atoms with Crippen molar-refractivity contribution in [3.8, 4) is 0 Å². The maximum atomic E-state index is 4.28. The van der Waals surface area contributed by atoms with Crippen LogP contribution in [-0.4, -0.2) is 9.97 Å². The van der Waals surface area contributed by atoms with Gasteiger partial charge in [0.15, 0.2) is 0 Å². The van der Waals surface area contributed by atoms with Gasteiger partial charge in [-0.15, -0.1) is 17.8 Å². The first-order chi connectivity index (χ1) is 6.95. The molecule has 0 N–H and O–H groups in total. The maximum absolute atomic E-state index is 4.28. The monoisotopic (exact) mass is 273 g/mol. The summed E-state index contributed by atoms with van der Waals surface area (Å²) in [5, 5.41) is 2.21. The molecule has 0 radical (unpaired) electrons. The summed E-state index contributed by atoms with van der Waals surface area (Å²) in [6, 6.07) is 11.8. The molecule has 0 aliphatic heterocycles. The summed E-state index contributed by atoms with van der Waals surface area (Å²) < 4.78 is 0.